The Labute approximate surface area is 148 Å². The molecule has 26 heavy (non-hydrogen) atoms. The van der Waals surface area contributed by atoms with Crippen molar-refractivity contribution in [1.82, 2.24) is 25.2 Å². The zero-order valence-electron chi connectivity index (χ0n) is 13.8. The summed E-state index contributed by atoms with van der Waals surface area (Å²) in [4.78, 5) is 12.5. The van der Waals surface area contributed by atoms with E-state index in [0.29, 0.717) is 11.6 Å². The summed E-state index contributed by atoms with van der Waals surface area (Å²) in [6.07, 6.45) is 1.38. The molecule has 0 atom stereocenters. The molecule has 6 nitrogen and oxygen atoms in total. The van der Waals surface area contributed by atoms with Crippen LogP contribution in [0.3, 0.4) is 0 Å². The molecule has 2 N–H and O–H groups in total. The molecule has 1 aliphatic heterocycles. The Morgan fingerprint density at radius 1 is 1.08 bits per heavy atom. The normalized spacial score (nSPS) is 14.8. The maximum atomic E-state index is 13.8. The van der Waals surface area contributed by atoms with E-state index in [1.807, 2.05) is 24.3 Å². The van der Waals surface area contributed by atoms with Gasteiger partial charge < -0.3 is 0 Å². The van der Waals surface area contributed by atoms with Crippen LogP contribution in [0.5, 0.6) is 0 Å². The molecule has 0 radical (unpaired) electrons. The maximum Gasteiger partial charge on any atom is 0.350 e. The van der Waals surface area contributed by atoms with E-state index >= 15 is 0 Å². The number of aromatic nitrogens is 3. The highest BCUT2D eigenvalue weighted by Gasteiger charge is 2.16. The largest absolute Gasteiger partial charge is 0.350 e. The second-order valence-corrected chi connectivity index (χ2v) is 6.23. The van der Waals surface area contributed by atoms with Crippen LogP contribution >= 0.6 is 0 Å². The SMILES string of the molecule is O=c1n(-c2ccc(C3CNNC3)cc2)cnn1Cc1cc(F)ccc1F. The number of hydrogen-bond acceptors (Lipinski definition) is 4. The molecule has 2 aromatic carbocycles. The van der Waals surface area contributed by atoms with Crippen LogP contribution in [-0.4, -0.2) is 27.4 Å². The lowest BCUT2D eigenvalue weighted by molar-refractivity contribution is 0.560. The fraction of sp³-hybridized carbons (Fsp3) is 0.222. The summed E-state index contributed by atoms with van der Waals surface area (Å²) in [5, 5.41) is 4.02. The molecule has 0 unspecified atom stereocenters. The summed E-state index contributed by atoms with van der Waals surface area (Å²) in [6, 6.07) is 10.8. The van der Waals surface area contributed by atoms with Crippen molar-refractivity contribution in [1.29, 1.82) is 0 Å². The molecule has 4 rings (SSSR count). The van der Waals surface area contributed by atoms with Gasteiger partial charge in [-0.15, -0.1) is 0 Å². The number of nitrogens with zero attached hydrogens (tertiary/aromatic N) is 3. The third-order valence-corrected chi connectivity index (χ3v) is 4.53. The van der Waals surface area contributed by atoms with Crippen molar-refractivity contribution in [3.05, 3.63) is 82.0 Å². The first-order valence-corrected chi connectivity index (χ1v) is 8.26. The molecule has 134 valence electrons. The lowest BCUT2D eigenvalue weighted by Gasteiger charge is -2.08. The molecular formula is C18H17F2N5O. The summed E-state index contributed by atoms with van der Waals surface area (Å²) in [7, 11) is 0. The topological polar surface area (TPSA) is 63.9 Å². The van der Waals surface area contributed by atoms with Gasteiger partial charge in [-0.3, -0.25) is 10.9 Å². The molecule has 0 amide bonds. The maximum absolute atomic E-state index is 13.8. The van der Waals surface area contributed by atoms with Crippen LogP contribution in [-0.2, 0) is 6.54 Å². The number of halogens is 2. The summed E-state index contributed by atoms with van der Waals surface area (Å²) >= 11 is 0. The number of hydrogen-bond donors (Lipinski definition) is 2. The number of nitrogens with one attached hydrogen (secondary N) is 2. The lowest BCUT2D eigenvalue weighted by atomic mass is 10.0. The highest BCUT2D eigenvalue weighted by atomic mass is 19.1. The highest BCUT2D eigenvalue weighted by molar-refractivity contribution is 5.36. The molecule has 1 fully saturated rings. The van der Waals surface area contributed by atoms with Gasteiger partial charge in [0.15, 0.2) is 0 Å². The van der Waals surface area contributed by atoms with Crippen molar-refractivity contribution in [2.45, 2.75) is 12.5 Å². The predicted molar refractivity (Wildman–Crippen MR) is 92.0 cm³/mol. The smallest absolute Gasteiger partial charge is 0.257 e. The Bertz CT molecular complexity index is 974. The van der Waals surface area contributed by atoms with E-state index in [4.69, 9.17) is 0 Å². The minimum atomic E-state index is -0.573. The molecule has 1 saturated heterocycles. The fourth-order valence-electron chi connectivity index (χ4n) is 3.05. The Hall–Kier alpha value is -2.84. The van der Waals surface area contributed by atoms with Crippen molar-refractivity contribution in [2.24, 2.45) is 0 Å². The van der Waals surface area contributed by atoms with Gasteiger partial charge in [0.05, 0.1) is 12.2 Å². The summed E-state index contributed by atoms with van der Waals surface area (Å²) < 4.78 is 29.6. The van der Waals surface area contributed by atoms with Crippen LogP contribution < -0.4 is 16.5 Å². The molecular weight excluding hydrogens is 340 g/mol. The molecule has 0 spiro atoms. The summed E-state index contributed by atoms with van der Waals surface area (Å²) in [6.45, 7) is 1.58. The van der Waals surface area contributed by atoms with Gasteiger partial charge in [-0.2, -0.15) is 5.10 Å². The van der Waals surface area contributed by atoms with Crippen molar-refractivity contribution in [3.63, 3.8) is 0 Å². The van der Waals surface area contributed by atoms with Crippen molar-refractivity contribution in [3.8, 4) is 5.69 Å². The molecule has 2 heterocycles. The minimum absolute atomic E-state index is 0.0777. The fourth-order valence-corrected chi connectivity index (χ4v) is 3.05. The third kappa shape index (κ3) is 3.16. The van der Waals surface area contributed by atoms with Gasteiger partial charge in [0.2, 0.25) is 0 Å². The number of benzene rings is 2. The third-order valence-electron chi connectivity index (χ3n) is 4.53. The quantitative estimate of drug-likeness (QED) is 0.744. The molecule has 0 bridgehead atoms. The van der Waals surface area contributed by atoms with E-state index in [-0.39, 0.29) is 12.1 Å². The molecule has 0 saturated carbocycles. The Morgan fingerprint density at radius 3 is 2.54 bits per heavy atom. The number of hydrazine groups is 1. The van der Waals surface area contributed by atoms with Crippen molar-refractivity contribution < 1.29 is 8.78 Å². The minimum Gasteiger partial charge on any atom is -0.257 e. The van der Waals surface area contributed by atoms with Crippen LogP contribution in [0.4, 0.5) is 8.78 Å². The van der Waals surface area contributed by atoms with Crippen molar-refractivity contribution >= 4 is 0 Å². The number of rotatable bonds is 4. The van der Waals surface area contributed by atoms with Crippen molar-refractivity contribution in [2.75, 3.05) is 13.1 Å². The van der Waals surface area contributed by atoms with Gasteiger partial charge in [-0.25, -0.2) is 22.8 Å². The van der Waals surface area contributed by atoms with Gasteiger partial charge in [-0.1, -0.05) is 12.1 Å². The van der Waals surface area contributed by atoms with Crippen LogP contribution in [0.2, 0.25) is 0 Å². The van der Waals surface area contributed by atoms with Gasteiger partial charge >= 0.3 is 5.69 Å². The van der Waals surface area contributed by atoms with Crippen LogP contribution in [0.1, 0.15) is 17.0 Å². The average molecular weight is 357 g/mol. The first-order valence-electron chi connectivity index (χ1n) is 8.26. The standard InChI is InChI=1S/C18H17F2N5O/c19-15-3-6-17(20)13(7-15)10-25-18(26)24(11-23-25)16-4-1-12(2-5-16)14-8-21-22-9-14/h1-7,11,14,21-22H,8-10H2. The predicted octanol–water partition coefficient (Wildman–Crippen LogP) is 1.55. The zero-order chi connectivity index (χ0) is 18.1. The van der Waals surface area contributed by atoms with E-state index in [2.05, 4.69) is 16.0 Å². The lowest BCUT2D eigenvalue weighted by Crippen LogP contribution is -2.24. The average Bonchev–Trinajstić information content (AvgIpc) is 3.29. The molecule has 1 aliphatic rings. The monoisotopic (exact) mass is 357 g/mol. The molecule has 8 heteroatoms. The summed E-state index contributed by atoms with van der Waals surface area (Å²) in [5.74, 6) is -0.740. The van der Waals surface area contributed by atoms with Gasteiger partial charge in [-0.05, 0) is 35.9 Å². The summed E-state index contributed by atoms with van der Waals surface area (Å²) in [5.41, 5.74) is 7.68. The van der Waals surface area contributed by atoms with Crippen LogP contribution in [0, 0.1) is 11.6 Å². The molecule has 0 aliphatic carbocycles. The van der Waals surface area contributed by atoms with Crippen LogP contribution in [0.15, 0.2) is 53.6 Å². The Morgan fingerprint density at radius 2 is 1.81 bits per heavy atom. The van der Waals surface area contributed by atoms with Gasteiger partial charge in [0.1, 0.15) is 18.0 Å². The van der Waals surface area contributed by atoms with E-state index in [1.165, 1.54) is 16.5 Å². The zero-order valence-corrected chi connectivity index (χ0v) is 13.8. The molecule has 3 aromatic rings. The van der Waals surface area contributed by atoms with E-state index in [0.717, 1.165) is 36.0 Å². The highest BCUT2D eigenvalue weighted by Crippen LogP contribution is 2.18. The Balaban J connectivity index is 1.59. The van der Waals surface area contributed by atoms with Gasteiger partial charge in [0, 0.05) is 24.6 Å². The van der Waals surface area contributed by atoms with E-state index in [9.17, 15) is 13.6 Å². The second-order valence-electron chi connectivity index (χ2n) is 6.23. The van der Waals surface area contributed by atoms with Gasteiger partial charge in [0.25, 0.3) is 0 Å². The second kappa shape index (κ2) is 6.81. The molecule has 1 aromatic heterocycles. The van der Waals surface area contributed by atoms with Crippen LogP contribution in [0.25, 0.3) is 5.69 Å². The first-order chi connectivity index (χ1) is 12.6. The Kier molecular flexibility index (Phi) is 4.36. The van der Waals surface area contributed by atoms with E-state index in [1.54, 1.807) is 0 Å². The first kappa shape index (κ1) is 16.6. The van der Waals surface area contributed by atoms with E-state index < -0.39 is 17.3 Å².